The topological polar surface area (TPSA) is 54.9 Å². The molecule has 0 radical (unpaired) electrons. The highest BCUT2D eigenvalue weighted by Gasteiger charge is 2.20. The molecule has 1 aromatic carbocycles. The Balaban J connectivity index is 1.97. The fraction of sp³-hybridized carbons (Fsp3) is 0.167. The van der Waals surface area contributed by atoms with Crippen molar-refractivity contribution in [3.05, 3.63) is 57.6 Å². The number of hydrogen-bond donors (Lipinski definition) is 1. The van der Waals surface area contributed by atoms with Crippen LogP contribution in [-0.2, 0) is 0 Å². The fourth-order valence-corrected chi connectivity index (χ4v) is 3.94. The molecule has 4 nitrogen and oxygen atoms in total. The Morgan fingerprint density at radius 1 is 1.24 bits per heavy atom. The number of thiophene rings is 1. The summed E-state index contributed by atoms with van der Waals surface area (Å²) in [5.74, 6) is 0.382. The highest BCUT2D eigenvalue weighted by molar-refractivity contribution is 7.98. The molecule has 7 heteroatoms. The fourth-order valence-electron chi connectivity index (χ4n) is 2.38. The minimum absolute atomic E-state index is 0.259. The summed E-state index contributed by atoms with van der Waals surface area (Å²) in [5, 5.41) is 6.00. The molecule has 1 N–H and O–H groups in total. The first-order chi connectivity index (χ1) is 12.0. The number of carbonyl (C=O) groups is 1. The molecule has 0 aliphatic heterocycles. The van der Waals surface area contributed by atoms with Crippen molar-refractivity contribution >= 4 is 46.3 Å². The van der Waals surface area contributed by atoms with E-state index < -0.39 is 0 Å². The van der Waals surface area contributed by atoms with Crippen molar-refractivity contribution in [3.63, 3.8) is 0 Å². The lowest BCUT2D eigenvalue weighted by molar-refractivity contribution is 0.102. The molecule has 0 bridgehead atoms. The SMILES string of the molecule is CSc1nc(-c2cccs2)nc(C)c1C(=O)Nc1ccc(C)cc1Cl. The molecule has 0 saturated heterocycles. The van der Waals surface area contributed by atoms with Crippen molar-refractivity contribution in [2.45, 2.75) is 18.9 Å². The third kappa shape index (κ3) is 3.86. The maximum absolute atomic E-state index is 12.8. The van der Waals surface area contributed by atoms with Crippen LogP contribution in [0.2, 0.25) is 5.02 Å². The molecule has 0 saturated carbocycles. The van der Waals surface area contributed by atoms with Crippen molar-refractivity contribution in [3.8, 4) is 10.7 Å². The molecule has 2 aromatic heterocycles. The Morgan fingerprint density at radius 2 is 2.04 bits per heavy atom. The molecular weight excluding hydrogens is 374 g/mol. The minimum Gasteiger partial charge on any atom is -0.320 e. The quantitative estimate of drug-likeness (QED) is 0.476. The zero-order chi connectivity index (χ0) is 18.0. The molecule has 3 rings (SSSR count). The van der Waals surface area contributed by atoms with Crippen LogP contribution in [0.3, 0.4) is 0 Å². The third-order valence-electron chi connectivity index (χ3n) is 3.59. The number of anilines is 1. The van der Waals surface area contributed by atoms with Crippen LogP contribution in [0, 0.1) is 13.8 Å². The first-order valence-corrected chi connectivity index (χ1v) is 10.0. The average Bonchev–Trinajstić information content (AvgIpc) is 3.11. The van der Waals surface area contributed by atoms with Gasteiger partial charge in [0.1, 0.15) is 5.03 Å². The molecule has 0 atom stereocenters. The summed E-state index contributed by atoms with van der Waals surface area (Å²) >= 11 is 9.22. The Labute approximate surface area is 159 Å². The third-order valence-corrected chi connectivity index (χ3v) is 5.45. The van der Waals surface area contributed by atoms with Crippen molar-refractivity contribution < 1.29 is 4.79 Å². The summed E-state index contributed by atoms with van der Waals surface area (Å²) in [4.78, 5) is 22.8. The molecule has 128 valence electrons. The van der Waals surface area contributed by atoms with Gasteiger partial charge >= 0.3 is 0 Å². The normalized spacial score (nSPS) is 10.7. The van der Waals surface area contributed by atoms with Gasteiger partial charge in [-0.1, -0.05) is 23.7 Å². The van der Waals surface area contributed by atoms with Crippen LogP contribution in [0.1, 0.15) is 21.6 Å². The Kier molecular flexibility index (Phi) is 5.42. The van der Waals surface area contributed by atoms with Gasteiger partial charge in [0, 0.05) is 0 Å². The summed E-state index contributed by atoms with van der Waals surface area (Å²) in [7, 11) is 0. The molecule has 3 aromatic rings. The van der Waals surface area contributed by atoms with Crippen molar-refractivity contribution in [2.75, 3.05) is 11.6 Å². The van der Waals surface area contributed by atoms with Gasteiger partial charge in [-0.25, -0.2) is 9.97 Å². The van der Waals surface area contributed by atoms with E-state index in [1.807, 2.05) is 49.7 Å². The monoisotopic (exact) mass is 389 g/mol. The lowest BCUT2D eigenvalue weighted by atomic mass is 10.2. The van der Waals surface area contributed by atoms with E-state index in [1.165, 1.54) is 11.8 Å². The second kappa shape index (κ2) is 7.56. The summed E-state index contributed by atoms with van der Waals surface area (Å²) in [6, 6.07) is 9.44. The molecule has 0 spiro atoms. The number of amides is 1. The van der Waals surface area contributed by atoms with Crippen molar-refractivity contribution in [1.29, 1.82) is 0 Å². The smallest absolute Gasteiger partial charge is 0.260 e. The number of nitrogens with one attached hydrogen (secondary N) is 1. The van der Waals surface area contributed by atoms with Crippen LogP contribution in [0.25, 0.3) is 10.7 Å². The van der Waals surface area contributed by atoms with E-state index in [2.05, 4.69) is 15.3 Å². The van der Waals surface area contributed by atoms with Crippen LogP contribution in [0.5, 0.6) is 0 Å². The largest absolute Gasteiger partial charge is 0.320 e. The number of hydrogen-bond acceptors (Lipinski definition) is 5. The Hall–Kier alpha value is -1.89. The molecule has 25 heavy (non-hydrogen) atoms. The van der Waals surface area contributed by atoms with Crippen molar-refractivity contribution in [1.82, 2.24) is 9.97 Å². The summed E-state index contributed by atoms with van der Waals surface area (Å²) in [6.07, 6.45) is 1.90. The van der Waals surface area contributed by atoms with E-state index in [9.17, 15) is 4.79 Å². The molecule has 0 unspecified atom stereocenters. The second-order valence-corrected chi connectivity index (χ2v) is 7.58. The maximum atomic E-state index is 12.8. The average molecular weight is 390 g/mol. The molecule has 0 aliphatic carbocycles. The number of rotatable bonds is 4. The lowest BCUT2D eigenvalue weighted by Gasteiger charge is -2.13. The molecule has 0 fully saturated rings. The van der Waals surface area contributed by atoms with E-state index in [4.69, 9.17) is 11.6 Å². The van der Waals surface area contributed by atoms with E-state index in [1.54, 1.807) is 17.4 Å². The lowest BCUT2D eigenvalue weighted by Crippen LogP contribution is -2.17. The van der Waals surface area contributed by atoms with E-state index in [0.29, 0.717) is 32.8 Å². The minimum atomic E-state index is -0.259. The Bertz CT molecular complexity index is 926. The predicted octanol–water partition coefficient (Wildman–Crippen LogP) is 5.45. The highest BCUT2D eigenvalue weighted by Crippen LogP contribution is 2.29. The van der Waals surface area contributed by atoms with Gasteiger partial charge in [-0.2, -0.15) is 0 Å². The van der Waals surface area contributed by atoms with Gasteiger partial charge in [-0.3, -0.25) is 4.79 Å². The van der Waals surface area contributed by atoms with Gasteiger partial charge in [0.25, 0.3) is 5.91 Å². The number of thioether (sulfide) groups is 1. The zero-order valence-electron chi connectivity index (χ0n) is 14.0. The number of aromatic nitrogens is 2. The molecular formula is C18H16ClN3OS2. The summed E-state index contributed by atoms with van der Waals surface area (Å²) in [5.41, 5.74) is 2.73. The second-order valence-electron chi connectivity index (χ2n) is 5.43. The van der Waals surface area contributed by atoms with Crippen LogP contribution in [0.4, 0.5) is 5.69 Å². The highest BCUT2D eigenvalue weighted by atomic mass is 35.5. The van der Waals surface area contributed by atoms with Crippen LogP contribution >= 0.6 is 34.7 Å². The first kappa shape index (κ1) is 17.9. The van der Waals surface area contributed by atoms with Crippen molar-refractivity contribution in [2.24, 2.45) is 0 Å². The number of nitrogens with zero attached hydrogens (tertiary/aromatic N) is 2. The molecule has 1 amide bonds. The van der Waals surface area contributed by atoms with Gasteiger partial charge in [0.05, 0.1) is 26.8 Å². The van der Waals surface area contributed by atoms with Gasteiger partial charge in [-0.05, 0) is 49.2 Å². The van der Waals surface area contributed by atoms with Gasteiger partial charge in [0.15, 0.2) is 5.82 Å². The number of halogens is 1. The maximum Gasteiger partial charge on any atom is 0.260 e. The van der Waals surface area contributed by atoms with Crippen LogP contribution < -0.4 is 5.32 Å². The summed E-state index contributed by atoms with van der Waals surface area (Å²) < 4.78 is 0. The number of benzene rings is 1. The zero-order valence-corrected chi connectivity index (χ0v) is 16.4. The van der Waals surface area contributed by atoms with Crippen LogP contribution in [0.15, 0.2) is 40.7 Å². The van der Waals surface area contributed by atoms with Gasteiger partial charge in [-0.15, -0.1) is 23.1 Å². The predicted molar refractivity (Wildman–Crippen MR) is 106 cm³/mol. The molecule has 0 aliphatic rings. The Morgan fingerprint density at radius 3 is 2.68 bits per heavy atom. The van der Waals surface area contributed by atoms with Gasteiger partial charge in [0.2, 0.25) is 0 Å². The van der Waals surface area contributed by atoms with E-state index >= 15 is 0 Å². The number of aryl methyl sites for hydroxylation is 2. The standard InChI is InChI=1S/C18H16ClN3OS2/c1-10-6-7-13(12(19)9-10)21-17(23)15-11(2)20-16(22-18(15)24-3)14-5-4-8-25-14/h4-9H,1-3H3,(H,21,23). The van der Waals surface area contributed by atoms with Gasteiger partial charge < -0.3 is 5.32 Å². The molecule has 2 heterocycles. The van der Waals surface area contributed by atoms with Crippen LogP contribution in [-0.4, -0.2) is 22.1 Å². The number of carbonyl (C=O) groups excluding carboxylic acids is 1. The first-order valence-electron chi connectivity index (χ1n) is 7.53. The van der Waals surface area contributed by atoms with E-state index in [-0.39, 0.29) is 5.91 Å². The summed E-state index contributed by atoms with van der Waals surface area (Å²) in [6.45, 7) is 3.77. The van der Waals surface area contributed by atoms with E-state index in [0.717, 1.165) is 10.4 Å².